The summed E-state index contributed by atoms with van der Waals surface area (Å²) in [4.78, 5) is 46.0. The monoisotopic (exact) mass is 588 g/mol. The molecular formula is C30H44N4O6S. The Morgan fingerprint density at radius 3 is 2.59 bits per heavy atom. The van der Waals surface area contributed by atoms with Crippen molar-refractivity contribution in [3.05, 3.63) is 24.3 Å². The maximum absolute atomic E-state index is 14.3. The second-order valence-corrected chi connectivity index (χ2v) is 13.2. The molecule has 0 aliphatic carbocycles. The van der Waals surface area contributed by atoms with Crippen molar-refractivity contribution in [2.24, 2.45) is 17.8 Å². The van der Waals surface area contributed by atoms with E-state index in [9.17, 15) is 19.5 Å². The number of fused-ring (bicyclic) bond motifs is 1. The number of nitrogens with one attached hydrogen (secondary N) is 2. The van der Waals surface area contributed by atoms with Crippen LogP contribution in [0.3, 0.4) is 0 Å². The van der Waals surface area contributed by atoms with Crippen molar-refractivity contribution in [3.63, 3.8) is 0 Å². The average molecular weight is 589 g/mol. The number of likely N-dealkylation sites (tertiary alicyclic amines) is 1. The van der Waals surface area contributed by atoms with Gasteiger partial charge >= 0.3 is 0 Å². The van der Waals surface area contributed by atoms with Crippen LogP contribution in [-0.4, -0.2) is 107 Å². The van der Waals surface area contributed by atoms with Gasteiger partial charge in [-0.1, -0.05) is 20.3 Å². The quantitative estimate of drug-likeness (QED) is 0.339. The van der Waals surface area contributed by atoms with E-state index in [0.29, 0.717) is 45.0 Å². The van der Waals surface area contributed by atoms with Crippen LogP contribution in [0.2, 0.25) is 0 Å². The predicted octanol–water partition coefficient (Wildman–Crippen LogP) is 1.97. The van der Waals surface area contributed by atoms with E-state index >= 15 is 0 Å². The summed E-state index contributed by atoms with van der Waals surface area (Å²) in [7, 11) is 0. The second kappa shape index (κ2) is 12.9. The summed E-state index contributed by atoms with van der Waals surface area (Å²) >= 11 is 1.65. The third-order valence-corrected chi connectivity index (χ3v) is 11.3. The molecule has 4 heterocycles. The normalized spacial score (nSPS) is 30.6. The molecule has 1 aromatic rings. The minimum absolute atomic E-state index is 0.00107. The molecule has 41 heavy (non-hydrogen) atoms. The van der Waals surface area contributed by atoms with Gasteiger partial charge in [-0.3, -0.25) is 19.3 Å². The standard InChI is InChI=1S/C30H44N4O6S/c1-4-19(3)22(18-35)34-26(28(37)31-12-13-33-14-16-39-17-15-33)30-11-10-23(41-30)24(25(30)29(34)38)27(36)32-20-6-8-21(9-7-20)40-5-2/h6-9,19,22-26,35H,4-5,10-18H2,1-3H3,(H,31,37)(H,32,36)/t19-,22-,23-,24+,25-,26?,30?/m0/s1. The van der Waals surface area contributed by atoms with Gasteiger partial charge in [0.05, 0.1) is 49.1 Å². The van der Waals surface area contributed by atoms with Crippen LogP contribution in [0.25, 0.3) is 0 Å². The number of hydrogen-bond acceptors (Lipinski definition) is 8. The first-order valence-corrected chi connectivity index (χ1v) is 15.9. The number of aliphatic hydroxyl groups excluding tert-OH is 1. The maximum Gasteiger partial charge on any atom is 0.244 e. The van der Waals surface area contributed by atoms with E-state index < -0.39 is 28.7 Å². The molecule has 1 spiro atoms. The second-order valence-electron chi connectivity index (χ2n) is 11.6. The fourth-order valence-corrected chi connectivity index (χ4v) is 9.35. The first kappa shape index (κ1) is 30.1. The van der Waals surface area contributed by atoms with Crippen LogP contribution in [0.1, 0.15) is 40.0 Å². The van der Waals surface area contributed by atoms with Crippen LogP contribution in [0.5, 0.6) is 5.75 Å². The van der Waals surface area contributed by atoms with Crippen molar-refractivity contribution in [1.29, 1.82) is 0 Å². The number of rotatable bonds is 12. The molecule has 0 aromatic heterocycles. The molecular weight excluding hydrogens is 544 g/mol. The number of aliphatic hydroxyl groups is 1. The van der Waals surface area contributed by atoms with Crippen LogP contribution >= 0.6 is 11.8 Å². The molecule has 226 valence electrons. The number of hydrogen-bond donors (Lipinski definition) is 3. The van der Waals surface area contributed by atoms with Gasteiger partial charge in [0, 0.05) is 37.1 Å². The number of carbonyl (C=O) groups is 3. The molecule has 4 aliphatic rings. The van der Waals surface area contributed by atoms with Gasteiger partial charge in [-0.2, -0.15) is 0 Å². The highest BCUT2D eigenvalue weighted by molar-refractivity contribution is 8.02. The lowest BCUT2D eigenvalue weighted by Gasteiger charge is -2.39. The van der Waals surface area contributed by atoms with Gasteiger partial charge in [0.1, 0.15) is 11.8 Å². The van der Waals surface area contributed by atoms with Gasteiger partial charge in [-0.15, -0.1) is 11.8 Å². The Hall–Kier alpha value is -2.34. The molecule has 4 aliphatic heterocycles. The van der Waals surface area contributed by atoms with Crippen LogP contribution < -0.4 is 15.4 Å². The van der Waals surface area contributed by atoms with Crippen molar-refractivity contribution < 1.29 is 29.0 Å². The van der Waals surface area contributed by atoms with E-state index in [-0.39, 0.29) is 35.5 Å². The molecule has 5 rings (SSSR count). The minimum atomic E-state index is -0.728. The zero-order valence-electron chi connectivity index (χ0n) is 24.3. The first-order chi connectivity index (χ1) is 19.8. The zero-order valence-corrected chi connectivity index (χ0v) is 25.2. The number of carbonyl (C=O) groups excluding carboxylic acids is 3. The molecule has 11 heteroatoms. The Labute approximate surface area is 246 Å². The molecule has 2 bridgehead atoms. The Morgan fingerprint density at radius 1 is 1.20 bits per heavy atom. The Bertz CT molecular complexity index is 1100. The smallest absolute Gasteiger partial charge is 0.244 e. The van der Waals surface area contributed by atoms with Crippen molar-refractivity contribution in [2.45, 2.75) is 62.1 Å². The van der Waals surface area contributed by atoms with Gasteiger partial charge in [-0.25, -0.2) is 0 Å². The number of ether oxygens (including phenoxy) is 2. The number of thioether (sulfide) groups is 1. The molecule has 4 fully saturated rings. The fraction of sp³-hybridized carbons (Fsp3) is 0.700. The van der Waals surface area contributed by atoms with Crippen LogP contribution in [-0.2, 0) is 19.1 Å². The molecule has 4 saturated heterocycles. The Kier molecular flexibility index (Phi) is 9.47. The lowest BCUT2D eigenvalue weighted by atomic mass is 9.70. The number of anilines is 1. The summed E-state index contributed by atoms with van der Waals surface area (Å²) in [6.45, 7) is 10.5. The average Bonchev–Trinajstić information content (AvgIpc) is 3.62. The van der Waals surface area contributed by atoms with E-state index in [1.165, 1.54) is 0 Å². The molecule has 0 radical (unpaired) electrons. The summed E-state index contributed by atoms with van der Waals surface area (Å²) in [6, 6.07) is 6.02. The topological polar surface area (TPSA) is 120 Å². The summed E-state index contributed by atoms with van der Waals surface area (Å²) in [5.74, 6) is -0.982. The number of amides is 3. The van der Waals surface area contributed by atoms with E-state index in [2.05, 4.69) is 15.5 Å². The van der Waals surface area contributed by atoms with Crippen LogP contribution in [0, 0.1) is 17.8 Å². The fourth-order valence-electron chi connectivity index (χ4n) is 7.15. The highest BCUT2D eigenvalue weighted by Gasteiger charge is 2.74. The van der Waals surface area contributed by atoms with Gasteiger partial charge in [0.15, 0.2) is 0 Å². The highest BCUT2D eigenvalue weighted by atomic mass is 32.2. The SMILES string of the molecule is CCOc1ccc(NC(=O)[C@@H]2[C@@H]3CCC4(S3)C(C(=O)NCCN3CCOCC3)N([C@@H](CO)[C@@H](C)CC)C(=O)[C@H]24)cc1. The number of benzene rings is 1. The summed E-state index contributed by atoms with van der Waals surface area (Å²) in [5, 5.41) is 16.6. The van der Waals surface area contributed by atoms with E-state index in [0.717, 1.165) is 31.7 Å². The van der Waals surface area contributed by atoms with Gasteiger partial charge in [-0.05, 0) is 49.9 Å². The summed E-state index contributed by atoms with van der Waals surface area (Å²) in [6.07, 6.45) is 2.23. The lowest BCUT2D eigenvalue weighted by Crippen LogP contribution is -2.58. The van der Waals surface area contributed by atoms with Crippen molar-refractivity contribution in [2.75, 3.05) is 57.9 Å². The van der Waals surface area contributed by atoms with Crippen molar-refractivity contribution in [3.8, 4) is 5.75 Å². The van der Waals surface area contributed by atoms with Gasteiger partial charge in [0.25, 0.3) is 0 Å². The number of morpholine rings is 1. The van der Waals surface area contributed by atoms with Crippen LogP contribution in [0.4, 0.5) is 5.69 Å². The molecule has 3 N–H and O–H groups in total. The number of nitrogens with zero attached hydrogens (tertiary/aromatic N) is 2. The molecule has 2 unspecified atom stereocenters. The van der Waals surface area contributed by atoms with E-state index in [1.807, 2.05) is 32.9 Å². The predicted molar refractivity (Wildman–Crippen MR) is 158 cm³/mol. The summed E-state index contributed by atoms with van der Waals surface area (Å²) in [5.41, 5.74) is 0.646. The van der Waals surface area contributed by atoms with Crippen molar-refractivity contribution >= 4 is 35.2 Å². The molecule has 7 atom stereocenters. The van der Waals surface area contributed by atoms with Crippen LogP contribution in [0.15, 0.2) is 24.3 Å². The van der Waals surface area contributed by atoms with Gasteiger partial charge in [0.2, 0.25) is 17.7 Å². The molecule has 0 saturated carbocycles. The maximum atomic E-state index is 14.3. The molecule has 10 nitrogen and oxygen atoms in total. The first-order valence-electron chi connectivity index (χ1n) is 15.1. The van der Waals surface area contributed by atoms with Gasteiger partial charge < -0.3 is 30.1 Å². The third-order valence-electron chi connectivity index (χ3n) is 9.40. The highest BCUT2D eigenvalue weighted by Crippen LogP contribution is 2.66. The Morgan fingerprint density at radius 2 is 1.93 bits per heavy atom. The summed E-state index contributed by atoms with van der Waals surface area (Å²) < 4.78 is 10.3. The molecule has 1 aromatic carbocycles. The van der Waals surface area contributed by atoms with Crippen molar-refractivity contribution in [1.82, 2.24) is 15.1 Å². The van der Waals surface area contributed by atoms with E-state index in [1.54, 1.807) is 28.8 Å². The zero-order chi connectivity index (χ0) is 29.1. The van der Waals surface area contributed by atoms with E-state index in [4.69, 9.17) is 9.47 Å². The Balaban J connectivity index is 1.38. The third kappa shape index (κ3) is 5.70. The minimum Gasteiger partial charge on any atom is -0.494 e. The largest absolute Gasteiger partial charge is 0.494 e. The molecule has 3 amide bonds. The lowest BCUT2D eigenvalue weighted by molar-refractivity contribution is -0.143.